The lowest BCUT2D eigenvalue weighted by molar-refractivity contribution is -0.158. The van der Waals surface area contributed by atoms with E-state index < -0.39 is 0 Å². The zero-order valence-corrected chi connectivity index (χ0v) is 16.3. The van der Waals surface area contributed by atoms with Crippen LogP contribution >= 0.6 is 0 Å². The van der Waals surface area contributed by atoms with Gasteiger partial charge in [0.05, 0.1) is 11.8 Å². The molecule has 0 aliphatic heterocycles. The van der Waals surface area contributed by atoms with Crippen molar-refractivity contribution in [1.82, 2.24) is 0 Å². The van der Waals surface area contributed by atoms with Crippen LogP contribution in [0.1, 0.15) is 78.1 Å². The van der Waals surface area contributed by atoms with Gasteiger partial charge in [0.2, 0.25) is 5.78 Å². The van der Waals surface area contributed by atoms with Crippen molar-refractivity contribution in [2.75, 3.05) is 13.2 Å². The van der Waals surface area contributed by atoms with Crippen LogP contribution in [-0.4, -0.2) is 30.9 Å². The fraction of sp³-hybridized carbons (Fsp3) is 0.857. The Balaban J connectivity index is 1.60. The number of Topliss-reactive ketones (excluding diaryl/α,β-unsaturated/α-hetero) is 1. The van der Waals surface area contributed by atoms with Crippen LogP contribution in [-0.2, 0) is 23.9 Å². The molecule has 26 heavy (non-hydrogen) atoms. The first-order valence-corrected chi connectivity index (χ1v) is 10.4. The molecule has 0 unspecified atom stereocenters. The highest BCUT2D eigenvalue weighted by Gasteiger charge is 2.28. The number of carbonyl (C=O) groups is 3. The van der Waals surface area contributed by atoms with Gasteiger partial charge in [-0.15, -0.1) is 0 Å². The summed E-state index contributed by atoms with van der Waals surface area (Å²) in [5.74, 6) is 0.356. The van der Waals surface area contributed by atoms with E-state index in [9.17, 15) is 14.4 Å². The summed E-state index contributed by atoms with van der Waals surface area (Å²) in [4.78, 5) is 36.0. The minimum absolute atomic E-state index is 0.0816. The standard InChI is InChI=1S/C21H34O5/c1-3-15-5-9-17(10-6-15)20(23)25-13-19(22)14-26-21(24)18-11-7-16(4-2)8-12-18/h15-18H,3-14H2,1-2H3. The zero-order valence-electron chi connectivity index (χ0n) is 16.3. The molecule has 0 aromatic heterocycles. The van der Waals surface area contributed by atoms with Gasteiger partial charge < -0.3 is 9.47 Å². The van der Waals surface area contributed by atoms with Gasteiger partial charge in [-0.3, -0.25) is 14.4 Å². The number of rotatable bonds is 8. The second-order valence-corrected chi connectivity index (χ2v) is 8.01. The number of hydrogen-bond donors (Lipinski definition) is 0. The maximum absolute atomic E-state index is 12.1. The SMILES string of the molecule is CCC1CCC(C(=O)OCC(=O)COC(=O)C2CCC(CC)CC2)CC1. The molecular weight excluding hydrogens is 332 g/mol. The molecule has 0 bridgehead atoms. The highest BCUT2D eigenvalue weighted by atomic mass is 16.6. The van der Waals surface area contributed by atoms with Crippen LogP contribution in [0.3, 0.4) is 0 Å². The summed E-state index contributed by atoms with van der Waals surface area (Å²) in [6.45, 7) is 3.78. The normalized spacial score (nSPS) is 29.0. The third kappa shape index (κ3) is 6.40. The van der Waals surface area contributed by atoms with Crippen LogP contribution in [0.25, 0.3) is 0 Å². The Morgan fingerprint density at radius 2 is 1.00 bits per heavy atom. The van der Waals surface area contributed by atoms with E-state index in [4.69, 9.17) is 9.47 Å². The Labute approximate surface area is 157 Å². The van der Waals surface area contributed by atoms with Crippen LogP contribution in [0.5, 0.6) is 0 Å². The molecular formula is C21H34O5. The van der Waals surface area contributed by atoms with Gasteiger partial charge in [0.25, 0.3) is 0 Å². The van der Waals surface area contributed by atoms with E-state index >= 15 is 0 Å². The van der Waals surface area contributed by atoms with Gasteiger partial charge in [0.15, 0.2) is 13.2 Å². The van der Waals surface area contributed by atoms with Gasteiger partial charge >= 0.3 is 11.9 Å². The number of carbonyl (C=O) groups excluding carboxylic acids is 3. The van der Waals surface area contributed by atoms with Crippen LogP contribution in [0.15, 0.2) is 0 Å². The highest BCUT2D eigenvalue weighted by molar-refractivity contribution is 5.85. The van der Waals surface area contributed by atoms with Crippen LogP contribution in [0.2, 0.25) is 0 Å². The van der Waals surface area contributed by atoms with Gasteiger partial charge in [-0.1, -0.05) is 26.7 Å². The zero-order chi connectivity index (χ0) is 18.9. The van der Waals surface area contributed by atoms with Crippen LogP contribution in [0.4, 0.5) is 0 Å². The van der Waals surface area contributed by atoms with E-state index in [1.165, 1.54) is 0 Å². The van der Waals surface area contributed by atoms with E-state index in [0.717, 1.165) is 64.2 Å². The molecule has 0 heterocycles. The van der Waals surface area contributed by atoms with E-state index in [1.54, 1.807) is 0 Å². The van der Waals surface area contributed by atoms with Crippen molar-refractivity contribution >= 4 is 17.7 Å². The number of ketones is 1. The van der Waals surface area contributed by atoms with Crippen molar-refractivity contribution in [2.24, 2.45) is 23.7 Å². The predicted octanol–water partition coefficient (Wildman–Crippen LogP) is 4.07. The van der Waals surface area contributed by atoms with Gasteiger partial charge in [-0.2, -0.15) is 0 Å². The summed E-state index contributed by atoms with van der Waals surface area (Å²) >= 11 is 0. The summed E-state index contributed by atoms with van der Waals surface area (Å²) in [5.41, 5.74) is 0. The van der Waals surface area contributed by atoms with E-state index in [2.05, 4.69) is 13.8 Å². The molecule has 2 aliphatic rings. The Morgan fingerprint density at radius 3 is 1.31 bits per heavy atom. The fourth-order valence-electron chi connectivity index (χ4n) is 4.19. The lowest BCUT2D eigenvalue weighted by Gasteiger charge is -2.26. The molecule has 0 amide bonds. The van der Waals surface area contributed by atoms with Crippen molar-refractivity contribution < 1.29 is 23.9 Å². The highest BCUT2D eigenvalue weighted by Crippen LogP contribution is 2.32. The first kappa shape index (κ1) is 20.9. The molecule has 0 radical (unpaired) electrons. The molecule has 5 nitrogen and oxygen atoms in total. The average molecular weight is 366 g/mol. The maximum Gasteiger partial charge on any atom is 0.309 e. The molecule has 0 saturated heterocycles. The topological polar surface area (TPSA) is 69.7 Å². The van der Waals surface area contributed by atoms with Crippen LogP contribution < -0.4 is 0 Å². The predicted molar refractivity (Wildman–Crippen MR) is 98.4 cm³/mol. The number of hydrogen-bond acceptors (Lipinski definition) is 5. The summed E-state index contributed by atoms with van der Waals surface area (Å²) in [6.07, 6.45) is 9.94. The van der Waals surface area contributed by atoms with E-state index in [1.807, 2.05) is 0 Å². The van der Waals surface area contributed by atoms with Crippen LogP contribution in [0, 0.1) is 23.7 Å². The maximum atomic E-state index is 12.1. The number of esters is 2. The molecule has 5 heteroatoms. The lowest BCUT2D eigenvalue weighted by Crippen LogP contribution is -2.28. The number of ether oxygens (including phenoxy) is 2. The van der Waals surface area contributed by atoms with Crippen molar-refractivity contribution in [3.8, 4) is 0 Å². The monoisotopic (exact) mass is 366 g/mol. The Hall–Kier alpha value is -1.39. The summed E-state index contributed by atoms with van der Waals surface area (Å²) in [7, 11) is 0. The molecule has 2 saturated carbocycles. The molecule has 148 valence electrons. The summed E-state index contributed by atoms with van der Waals surface area (Å²) in [5, 5.41) is 0. The summed E-state index contributed by atoms with van der Waals surface area (Å²) < 4.78 is 10.3. The minimum Gasteiger partial charge on any atom is -0.457 e. The Bertz CT molecular complexity index is 429. The molecule has 2 rings (SSSR count). The first-order valence-electron chi connectivity index (χ1n) is 10.4. The third-order valence-corrected chi connectivity index (χ3v) is 6.27. The molecule has 0 N–H and O–H groups in total. The Morgan fingerprint density at radius 1 is 0.654 bits per heavy atom. The van der Waals surface area contributed by atoms with Gasteiger partial charge in [-0.05, 0) is 63.2 Å². The Kier molecular flexibility index (Phi) is 8.60. The van der Waals surface area contributed by atoms with Crippen molar-refractivity contribution in [3.05, 3.63) is 0 Å². The molecule has 2 aliphatic carbocycles. The van der Waals surface area contributed by atoms with E-state index in [0.29, 0.717) is 11.8 Å². The third-order valence-electron chi connectivity index (χ3n) is 6.27. The first-order chi connectivity index (χ1) is 12.5. The van der Waals surface area contributed by atoms with Gasteiger partial charge in [0.1, 0.15) is 0 Å². The quantitative estimate of drug-likeness (QED) is 0.606. The van der Waals surface area contributed by atoms with Crippen molar-refractivity contribution in [1.29, 1.82) is 0 Å². The van der Waals surface area contributed by atoms with E-state index in [-0.39, 0.29) is 42.8 Å². The minimum atomic E-state index is -0.351. The summed E-state index contributed by atoms with van der Waals surface area (Å²) in [6, 6.07) is 0. The average Bonchev–Trinajstić information content (AvgIpc) is 2.70. The van der Waals surface area contributed by atoms with Crippen molar-refractivity contribution in [2.45, 2.75) is 78.1 Å². The lowest BCUT2D eigenvalue weighted by atomic mass is 9.81. The van der Waals surface area contributed by atoms with Gasteiger partial charge in [-0.25, -0.2) is 0 Å². The molecule has 0 aromatic carbocycles. The second-order valence-electron chi connectivity index (χ2n) is 8.01. The van der Waals surface area contributed by atoms with Crippen molar-refractivity contribution in [3.63, 3.8) is 0 Å². The largest absolute Gasteiger partial charge is 0.457 e. The molecule has 0 atom stereocenters. The smallest absolute Gasteiger partial charge is 0.309 e. The molecule has 0 spiro atoms. The second kappa shape index (κ2) is 10.7. The molecule has 0 aromatic rings. The van der Waals surface area contributed by atoms with Gasteiger partial charge in [0, 0.05) is 0 Å². The molecule has 2 fully saturated rings. The fourth-order valence-corrected chi connectivity index (χ4v) is 4.19.